The summed E-state index contributed by atoms with van der Waals surface area (Å²) in [7, 11) is 0. The molecule has 1 atom stereocenters. The van der Waals surface area contributed by atoms with Crippen molar-refractivity contribution in [2.24, 2.45) is 0 Å². The van der Waals surface area contributed by atoms with Gasteiger partial charge in [-0.25, -0.2) is 0 Å². The van der Waals surface area contributed by atoms with Crippen LogP contribution in [0.15, 0.2) is 51.7 Å². The molecule has 1 aliphatic rings. The van der Waals surface area contributed by atoms with E-state index < -0.39 is 0 Å². The van der Waals surface area contributed by atoms with Gasteiger partial charge in [-0.2, -0.15) is 4.98 Å². The smallest absolute Gasteiger partial charge is 0.298 e. The molecule has 2 aromatic heterocycles. The summed E-state index contributed by atoms with van der Waals surface area (Å²) >= 11 is 0. The lowest BCUT2D eigenvalue weighted by Crippen LogP contribution is -2.40. The van der Waals surface area contributed by atoms with Crippen molar-refractivity contribution in [1.29, 1.82) is 0 Å². The Morgan fingerprint density at radius 2 is 2.26 bits per heavy atom. The SMILES string of the molecule is O=C(NCC1CCCN1c1nc2ccccc2o1)c1ccoc1. The molecule has 4 rings (SSSR count). The first-order chi connectivity index (χ1) is 11.3. The summed E-state index contributed by atoms with van der Waals surface area (Å²) in [5.41, 5.74) is 2.18. The van der Waals surface area contributed by atoms with Gasteiger partial charge in [-0.3, -0.25) is 4.79 Å². The van der Waals surface area contributed by atoms with E-state index >= 15 is 0 Å². The fraction of sp³-hybridized carbons (Fsp3) is 0.294. The van der Waals surface area contributed by atoms with Crippen molar-refractivity contribution in [1.82, 2.24) is 10.3 Å². The molecule has 1 aliphatic heterocycles. The second-order valence-electron chi connectivity index (χ2n) is 5.68. The topological polar surface area (TPSA) is 71.5 Å². The molecular weight excluding hydrogens is 294 g/mol. The second kappa shape index (κ2) is 5.79. The Balaban J connectivity index is 1.47. The molecule has 1 saturated heterocycles. The molecule has 1 N–H and O–H groups in total. The maximum Gasteiger partial charge on any atom is 0.298 e. The summed E-state index contributed by atoms with van der Waals surface area (Å²) < 4.78 is 10.8. The van der Waals surface area contributed by atoms with E-state index in [2.05, 4.69) is 15.2 Å². The molecule has 0 spiro atoms. The largest absolute Gasteiger partial charge is 0.472 e. The number of carbonyl (C=O) groups excluding carboxylic acids is 1. The molecule has 1 fully saturated rings. The quantitative estimate of drug-likeness (QED) is 0.802. The van der Waals surface area contributed by atoms with Gasteiger partial charge in [-0.1, -0.05) is 12.1 Å². The lowest BCUT2D eigenvalue weighted by atomic mass is 10.2. The number of para-hydroxylation sites is 2. The zero-order chi connectivity index (χ0) is 15.6. The molecule has 0 aliphatic carbocycles. The number of nitrogens with zero attached hydrogens (tertiary/aromatic N) is 2. The Morgan fingerprint density at radius 3 is 3.09 bits per heavy atom. The minimum Gasteiger partial charge on any atom is -0.472 e. The highest BCUT2D eigenvalue weighted by Gasteiger charge is 2.28. The summed E-state index contributed by atoms with van der Waals surface area (Å²) in [6, 6.07) is 10.2. The number of fused-ring (bicyclic) bond motifs is 1. The van der Waals surface area contributed by atoms with Crippen LogP contribution in [0, 0.1) is 0 Å². The summed E-state index contributed by atoms with van der Waals surface area (Å²) in [6.45, 7) is 1.45. The number of anilines is 1. The molecule has 0 bridgehead atoms. The molecule has 6 heteroatoms. The van der Waals surface area contributed by atoms with Crippen LogP contribution >= 0.6 is 0 Å². The third-order valence-corrected chi connectivity index (χ3v) is 4.19. The Morgan fingerprint density at radius 1 is 1.35 bits per heavy atom. The predicted octanol–water partition coefficient (Wildman–Crippen LogP) is 2.82. The van der Waals surface area contributed by atoms with E-state index in [4.69, 9.17) is 8.83 Å². The molecule has 0 saturated carbocycles. The third-order valence-electron chi connectivity index (χ3n) is 4.19. The number of amides is 1. The molecule has 3 aromatic rings. The van der Waals surface area contributed by atoms with E-state index in [1.54, 1.807) is 6.07 Å². The van der Waals surface area contributed by atoms with Gasteiger partial charge in [0, 0.05) is 13.1 Å². The number of oxazole rings is 1. The summed E-state index contributed by atoms with van der Waals surface area (Å²) in [5, 5.41) is 2.95. The van der Waals surface area contributed by atoms with E-state index in [0.717, 1.165) is 30.5 Å². The van der Waals surface area contributed by atoms with Crippen molar-refractivity contribution in [3.05, 3.63) is 48.4 Å². The van der Waals surface area contributed by atoms with Crippen molar-refractivity contribution < 1.29 is 13.6 Å². The Hall–Kier alpha value is -2.76. The highest BCUT2D eigenvalue weighted by atomic mass is 16.4. The van der Waals surface area contributed by atoms with Crippen molar-refractivity contribution in [2.45, 2.75) is 18.9 Å². The molecule has 23 heavy (non-hydrogen) atoms. The van der Waals surface area contributed by atoms with Crippen molar-refractivity contribution in [3.63, 3.8) is 0 Å². The van der Waals surface area contributed by atoms with E-state index in [9.17, 15) is 4.79 Å². The van der Waals surface area contributed by atoms with Gasteiger partial charge in [0.05, 0.1) is 17.9 Å². The highest BCUT2D eigenvalue weighted by Crippen LogP contribution is 2.28. The van der Waals surface area contributed by atoms with Crippen LogP contribution in [-0.4, -0.2) is 30.0 Å². The third kappa shape index (κ3) is 2.67. The van der Waals surface area contributed by atoms with Gasteiger partial charge in [-0.05, 0) is 31.0 Å². The lowest BCUT2D eigenvalue weighted by molar-refractivity contribution is 0.0950. The van der Waals surface area contributed by atoms with Gasteiger partial charge in [-0.15, -0.1) is 0 Å². The first-order valence-corrected chi connectivity index (χ1v) is 7.74. The maximum absolute atomic E-state index is 12.0. The van der Waals surface area contributed by atoms with E-state index in [1.165, 1.54) is 12.5 Å². The van der Waals surface area contributed by atoms with Crippen molar-refractivity contribution in [3.8, 4) is 0 Å². The van der Waals surface area contributed by atoms with Gasteiger partial charge in [0.15, 0.2) is 5.58 Å². The Labute approximate surface area is 133 Å². The van der Waals surface area contributed by atoms with Crippen molar-refractivity contribution >= 4 is 23.0 Å². The Kier molecular flexibility index (Phi) is 3.49. The van der Waals surface area contributed by atoms with Gasteiger partial charge >= 0.3 is 0 Å². The van der Waals surface area contributed by atoms with Crippen LogP contribution in [0.25, 0.3) is 11.1 Å². The molecule has 1 aromatic carbocycles. The predicted molar refractivity (Wildman–Crippen MR) is 85.4 cm³/mol. The van der Waals surface area contributed by atoms with Gasteiger partial charge < -0.3 is 19.1 Å². The highest BCUT2D eigenvalue weighted by molar-refractivity contribution is 5.93. The molecule has 0 radical (unpaired) electrons. The number of aromatic nitrogens is 1. The number of hydrogen-bond donors (Lipinski definition) is 1. The van der Waals surface area contributed by atoms with Crippen LogP contribution in [-0.2, 0) is 0 Å². The number of nitrogens with one attached hydrogen (secondary N) is 1. The van der Waals surface area contributed by atoms with E-state index in [-0.39, 0.29) is 11.9 Å². The molecular formula is C17H17N3O3. The van der Waals surface area contributed by atoms with Crippen LogP contribution in [0.3, 0.4) is 0 Å². The van der Waals surface area contributed by atoms with Crippen LogP contribution in [0.5, 0.6) is 0 Å². The second-order valence-corrected chi connectivity index (χ2v) is 5.68. The summed E-state index contributed by atoms with van der Waals surface area (Å²) in [6.07, 6.45) is 5.01. The summed E-state index contributed by atoms with van der Waals surface area (Å²) in [4.78, 5) is 18.7. The zero-order valence-electron chi connectivity index (χ0n) is 12.6. The minimum absolute atomic E-state index is 0.122. The fourth-order valence-electron chi connectivity index (χ4n) is 2.99. The van der Waals surface area contributed by atoms with Crippen molar-refractivity contribution in [2.75, 3.05) is 18.0 Å². The Bertz CT molecular complexity index is 776. The average Bonchev–Trinajstić information content (AvgIpc) is 3.31. The molecule has 1 amide bonds. The monoisotopic (exact) mass is 311 g/mol. The molecule has 6 nitrogen and oxygen atoms in total. The zero-order valence-corrected chi connectivity index (χ0v) is 12.6. The molecule has 1 unspecified atom stereocenters. The standard InChI is InChI=1S/C17H17N3O3/c21-16(12-7-9-22-11-12)18-10-13-4-3-8-20(13)17-19-14-5-1-2-6-15(14)23-17/h1-2,5-7,9,11,13H,3-4,8,10H2,(H,18,21). The van der Waals surface area contributed by atoms with Gasteiger partial charge in [0.2, 0.25) is 0 Å². The van der Waals surface area contributed by atoms with Gasteiger partial charge in [0.1, 0.15) is 11.8 Å². The summed E-state index contributed by atoms with van der Waals surface area (Å²) in [5.74, 6) is -0.122. The normalized spacial score (nSPS) is 17.7. The van der Waals surface area contributed by atoms with Gasteiger partial charge in [0.25, 0.3) is 11.9 Å². The first kappa shape index (κ1) is 13.9. The number of hydrogen-bond acceptors (Lipinski definition) is 5. The van der Waals surface area contributed by atoms with E-state index in [1.807, 2.05) is 24.3 Å². The number of carbonyl (C=O) groups is 1. The molecule has 3 heterocycles. The van der Waals surface area contributed by atoms with Crippen LogP contribution in [0.1, 0.15) is 23.2 Å². The maximum atomic E-state index is 12.0. The minimum atomic E-state index is -0.122. The van der Waals surface area contributed by atoms with Crippen LogP contribution < -0.4 is 10.2 Å². The van der Waals surface area contributed by atoms with E-state index in [0.29, 0.717) is 18.1 Å². The number of rotatable bonds is 4. The number of benzene rings is 1. The average molecular weight is 311 g/mol. The van der Waals surface area contributed by atoms with Crippen LogP contribution in [0.2, 0.25) is 0 Å². The first-order valence-electron chi connectivity index (χ1n) is 7.74. The molecule has 118 valence electrons. The fourth-order valence-corrected chi connectivity index (χ4v) is 2.99. The van der Waals surface area contributed by atoms with Crippen LogP contribution in [0.4, 0.5) is 6.01 Å². The number of furan rings is 1. The lowest BCUT2D eigenvalue weighted by Gasteiger charge is -2.22.